The van der Waals surface area contributed by atoms with Crippen LogP contribution in [0.5, 0.6) is 0 Å². The second-order valence-electron chi connectivity index (χ2n) is 5.47. The Hall–Kier alpha value is -1.65. The van der Waals surface area contributed by atoms with E-state index in [0.717, 1.165) is 6.07 Å². The lowest BCUT2D eigenvalue weighted by atomic mass is 9.82. The van der Waals surface area contributed by atoms with Crippen LogP contribution in [0.4, 0.5) is 10.2 Å². The van der Waals surface area contributed by atoms with Gasteiger partial charge >= 0.3 is 5.97 Å². The molecule has 0 saturated carbocycles. The Bertz CT molecular complexity index is 441. The van der Waals surface area contributed by atoms with Crippen molar-refractivity contribution in [3.05, 3.63) is 23.6 Å². The molecule has 18 heavy (non-hydrogen) atoms. The molecule has 0 aliphatic carbocycles. The lowest BCUT2D eigenvalue weighted by Crippen LogP contribution is -2.25. The van der Waals surface area contributed by atoms with E-state index in [1.165, 1.54) is 6.20 Å². The zero-order valence-electron chi connectivity index (χ0n) is 11.1. The minimum absolute atomic E-state index is 0.00833. The van der Waals surface area contributed by atoms with Gasteiger partial charge < -0.3 is 10.4 Å². The van der Waals surface area contributed by atoms with E-state index >= 15 is 0 Å². The van der Waals surface area contributed by atoms with Crippen molar-refractivity contribution in [1.29, 1.82) is 0 Å². The molecule has 5 heteroatoms. The number of rotatable bonds is 4. The number of aromatic nitrogens is 1. The van der Waals surface area contributed by atoms with Gasteiger partial charge in [-0.1, -0.05) is 27.7 Å². The van der Waals surface area contributed by atoms with Crippen LogP contribution in [0.3, 0.4) is 0 Å². The van der Waals surface area contributed by atoms with Crippen LogP contribution in [0.1, 0.15) is 38.1 Å². The van der Waals surface area contributed by atoms with Crippen LogP contribution in [0.25, 0.3) is 0 Å². The van der Waals surface area contributed by atoms with Gasteiger partial charge in [-0.2, -0.15) is 0 Å². The number of hydrogen-bond donors (Lipinski definition) is 2. The summed E-state index contributed by atoms with van der Waals surface area (Å²) in [4.78, 5) is 14.6. The van der Waals surface area contributed by atoms with Crippen molar-refractivity contribution in [2.45, 2.75) is 27.7 Å². The highest BCUT2D eigenvalue weighted by Gasteiger charge is 2.21. The highest BCUT2D eigenvalue weighted by atomic mass is 19.1. The van der Waals surface area contributed by atoms with Crippen LogP contribution in [0.2, 0.25) is 0 Å². The number of aromatic carboxylic acids is 1. The molecular weight excluding hydrogens is 235 g/mol. The summed E-state index contributed by atoms with van der Waals surface area (Å²) in [7, 11) is 0. The minimum atomic E-state index is -1.29. The zero-order valence-corrected chi connectivity index (χ0v) is 11.1. The van der Waals surface area contributed by atoms with Gasteiger partial charge in [0.05, 0.1) is 0 Å². The van der Waals surface area contributed by atoms with Gasteiger partial charge in [0, 0.05) is 12.7 Å². The molecule has 1 heterocycles. The number of hydrogen-bond acceptors (Lipinski definition) is 3. The summed E-state index contributed by atoms with van der Waals surface area (Å²) in [6, 6.07) is 1.15. The van der Waals surface area contributed by atoms with Crippen LogP contribution < -0.4 is 5.32 Å². The Labute approximate surface area is 106 Å². The van der Waals surface area contributed by atoms with Crippen molar-refractivity contribution in [1.82, 2.24) is 4.98 Å². The molecule has 1 aromatic heterocycles. The second kappa shape index (κ2) is 5.33. The highest BCUT2D eigenvalue weighted by molar-refractivity contribution is 5.88. The highest BCUT2D eigenvalue weighted by Crippen LogP contribution is 2.25. The van der Waals surface area contributed by atoms with E-state index in [2.05, 4.69) is 31.1 Å². The van der Waals surface area contributed by atoms with E-state index < -0.39 is 11.8 Å². The third kappa shape index (κ3) is 3.42. The molecule has 4 nitrogen and oxygen atoms in total. The molecule has 0 aliphatic heterocycles. The molecule has 1 aromatic rings. The van der Waals surface area contributed by atoms with E-state index in [1.54, 1.807) is 0 Å². The molecule has 0 bridgehead atoms. The van der Waals surface area contributed by atoms with Crippen molar-refractivity contribution in [3.63, 3.8) is 0 Å². The fourth-order valence-electron chi connectivity index (χ4n) is 1.29. The number of carboxylic acid groups (broad SMARTS) is 1. The molecular formula is C13H19FN2O2. The molecule has 0 aliphatic rings. The van der Waals surface area contributed by atoms with Crippen LogP contribution in [0.15, 0.2) is 12.3 Å². The van der Waals surface area contributed by atoms with Crippen LogP contribution in [-0.4, -0.2) is 22.6 Å². The normalized spacial score (nSPS) is 13.2. The summed E-state index contributed by atoms with van der Waals surface area (Å²) >= 11 is 0. The van der Waals surface area contributed by atoms with Crippen molar-refractivity contribution in [2.24, 2.45) is 11.3 Å². The van der Waals surface area contributed by atoms with Gasteiger partial charge in [-0.3, -0.25) is 0 Å². The molecule has 0 fully saturated rings. The van der Waals surface area contributed by atoms with Gasteiger partial charge in [0.15, 0.2) is 11.6 Å². The first-order valence-electron chi connectivity index (χ1n) is 5.85. The molecule has 1 unspecified atom stereocenters. The van der Waals surface area contributed by atoms with Crippen molar-refractivity contribution >= 4 is 11.8 Å². The van der Waals surface area contributed by atoms with E-state index in [9.17, 15) is 9.18 Å². The summed E-state index contributed by atoms with van der Waals surface area (Å²) in [5, 5.41) is 11.7. The Kier molecular flexibility index (Phi) is 4.27. The molecule has 100 valence electrons. The zero-order chi connectivity index (χ0) is 13.9. The van der Waals surface area contributed by atoms with E-state index in [-0.39, 0.29) is 16.8 Å². The fourth-order valence-corrected chi connectivity index (χ4v) is 1.29. The Morgan fingerprint density at radius 1 is 1.56 bits per heavy atom. The first kappa shape index (κ1) is 14.4. The number of halogens is 1. The third-order valence-electron chi connectivity index (χ3n) is 3.17. The maximum atomic E-state index is 13.8. The number of nitrogens with zero attached hydrogens (tertiary/aromatic N) is 1. The monoisotopic (exact) mass is 254 g/mol. The van der Waals surface area contributed by atoms with E-state index in [1.807, 2.05) is 6.92 Å². The molecule has 0 spiro atoms. The summed E-state index contributed by atoms with van der Waals surface area (Å²) in [6.45, 7) is 8.87. The average Bonchev–Trinajstić information content (AvgIpc) is 2.25. The minimum Gasteiger partial charge on any atom is -0.478 e. The van der Waals surface area contributed by atoms with Crippen molar-refractivity contribution in [3.8, 4) is 0 Å². The van der Waals surface area contributed by atoms with Crippen LogP contribution in [0, 0.1) is 17.2 Å². The predicted octanol–water partition coefficient (Wildman–Crippen LogP) is 3.01. The number of carbonyl (C=O) groups is 1. The van der Waals surface area contributed by atoms with Crippen LogP contribution in [-0.2, 0) is 0 Å². The Morgan fingerprint density at radius 3 is 2.67 bits per heavy atom. The number of anilines is 1. The average molecular weight is 254 g/mol. The largest absolute Gasteiger partial charge is 0.478 e. The van der Waals surface area contributed by atoms with Crippen LogP contribution >= 0.6 is 0 Å². The topological polar surface area (TPSA) is 62.2 Å². The van der Waals surface area contributed by atoms with E-state index in [0.29, 0.717) is 12.5 Å². The lowest BCUT2D eigenvalue weighted by Gasteiger charge is -2.27. The Morgan fingerprint density at radius 2 is 2.17 bits per heavy atom. The van der Waals surface area contributed by atoms with Crippen molar-refractivity contribution in [2.75, 3.05) is 11.9 Å². The van der Waals surface area contributed by atoms with Crippen molar-refractivity contribution < 1.29 is 14.3 Å². The first-order chi connectivity index (χ1) is 8.23. The standard InChI is InChI=1S/C13H19FN2O2/c1-8(13(2,3)4)7-16-11-10(14)9(12(17)18)5-6-15-11/h5-6,8H,7H2,1-4H3,(H,15,16)(H,17,18). The molecule has 0 radical (unpaired) electrons. The predicted molar refractivity (Wildman–Crippen MR) is 68.3 cm³/mol. The summed E-state index contributed by atoms with van der Waals surface area (Å²) in [5.74, 6) is -1.81. The SMILES string of the molecule is CC(CNc1nccc(C(=O)O)c1F)C(C)(C)C. The maximum absolute atomic E-state index is 13.8. The van der Waals surface area contributed by atoms with Gasteiger partial charge in [0.2, 0.25) is 0 Å². The third-order valence-corrected chi connectivity index (χ3v) is 3.17. The molecule has 1 rings (SSSR count). The number of carboxylic acids is 1. The molecule has 2 N–H and O–H groups in total. The second-order valence-corrected chi connectivity index (χ2v) is 5.47. The lowest BCUT2D eigenvalue weighted by molar-refractivity contribution is 0.0692. The van der Waals surface area contributed by atoms with Gasteiger partial charge in [0.25, 0.3) is 0 Å². The fraction of sp³-hybridized carbons (Fsp3) is 0.538. The number of nitrogens with one attached hydrogen (secondary N) is 1. The van der Waals surface area contributed by atoms with Gasteiger partial charge in [0.1, 0.15) is 5.56 Å². The summed E-state index contributed by atoms with van der Waals surface area (Å²) < 4.78 is 13.8. The molecule has 0 amide bonds. The smallest absolute Gasteiger partial charge is 0.338 e. The van der Waals surface area contributed by atoms with E-state index in [4.69, 9.17) is 5.11 Å². The van der Waals surface area contributed by atoms with Gasteiger partial charge in [-0.15, -0.1) is 0 Å². The summed E-state index contributed by atoms with van der Waals surface area (Å²) in [5.41, 5.74) is -0.274. The molecule has 0 aromatic carbocycles. The molecule has 1 atom stereocenters. The Balaban J connectivity index is 2.81. The molecule has 0 saturated heterocycles. The first-order valence-corrected chi connectivity index (χ1v) is 5.85. The maximum Gasteiger partial charge on any atom is 0.338 e. The van der Waals surface area contributed by atoms with Gasteiger partial charge in [-0.25, -0.2) is 14.2 Å². The quantitative estimate of drug-likeness (QED) is 0.867. The number of pyridine rings is 1. The van der Waals surface area contributed by atoms with Gasteiger partial charge in [-0.05, 0) is 17.4 Å². The summed E-state index contributed by atoms with van der Waals surface area (Å²) in [6.07, 6.45) is 1.29.